The molecule has 154 valence electrons. The average molecular weight is 397 g/mol. The van der Waals surface area contributed by atoms with Gasteiger partial charge in [0.2, 0.25) is 5.91 Å². The van der Waals surface area contributed by atoms with Crippen LogP contribution in [0.1, 0.15) is 32.3 Å². The Balaban J connectivity index is 1.55. The number of carbonyl (C=O) groups is 2. The Kier molecular flexibility index (Phi) is 6.52. The number of nitrogens with one attached hydrogen (secondary N) is 2. The van der Waals surface area contributed by atoms with Crippen LogP contribution in [0.2, 0.25) is 0 Å². The number of likely N-dealkylation sites (tertiary alicyclic amines) is 1. The van der Waals surface area contributed by atoms with Gasteiger partial charge in [-0.2, -0.15) is 0 Å². The highest BCUT2D eigenvalue weighted by Crippen LogP contribution is 2.25. The van der Waals surface area contributed by atoms with E-state index in [1.54, 1.807) is 23.1 Å². The molecule has 3 amide bonds. The molecule has 0 aliphatic carbocycles. The quantitative estimate of drug-likeness (QED) is 0.796. The number of halogens is 1. The number of piperidine rings is 1. The highest BCUT2D eigenvalue weighted by atomic mass is 19.1. The van der Waals surface area contributed by atoms with E-state index in [0.717, 1.165) is 18.5 Å². The van der Waals surface area contributed by atoms with Crippen LogP contribution in [0, 0.1) is 11.7 Å². The normalized spacial score (nSPS) is 16.9. The summed E-state index contributed by atoms with van der Waals surface area (Å²) in [4.78, 5) is 26.9. The molecule has 0 bridgehead atoms. The Bertz CT molecular complexity index is 854. The number of amides is 3. The second-order valence-corrected chi connectivity index (χ2v) is 8.16. The zero-order chi connectivity index (χ0) is 20.9. The van der Waals surface area contributed by atoms with Gasteiger partial charge >= 0.3 is 6.03 Å². The maximum absolute atomic E-state index is 14.1. The van der Waals surface area contributed by atoms with Crippen LogP contribution < -0.4 is 10.6 Å². The summed E-state index contributed by atoms with van der Waals surface area (Å²) in [6, 6.07) is 15.7. The van der Waals surface area contributed by atoms with Crippen LogP contribution in [-0.4, -0.2) is 36.5 Å². The van der Waals surface area contributed by atoms with E-state index in [2.05, 4.69) is 10.6 Å². The number of urea groups is 1. The van der Waals surface area contributed by atoms with Crippen molar-refractivity contribution in [3.8, 4) is 0 Å². The second-order valence-electron chi connectivity index (χ2n) is 8.16. The molecule has 0 spiro atoms. The van der Waals surface area contributed by atoms with E-state index < -0.39 is 5.41 Å². The van der Waals surface area contributed by atoms with E-state index in [0.29, 0.717) is 25.2 Å². The molecule has 29 heavy (non-hydrogen) atoms. The van der Waals surface area contributed by atoms with Gasteiger partial charge in [0.25, 0.3) is 0 Å². The van der Waals surface area contributed by atoms with Gasteiger partial charge < -0.3 is 15.5 Å². The average Bonchev–Trinajstić information content (AvgIpc) is 2.73. The van der Waals surface area contributed by atoms with Crippen molar-refractivity contribution in [3.63, 3.8) is 0 Å². The summed E-state index contributed by atoms with van der Waals surface area (Å²) < 4.78 is 14.1. The Morgan fingerprint density at radius 3 is 2.52 bits per heavy atom. The van der Waals surface area contributed by atoms with Crippen molar-refractivity contribution in [2.45, 2.75) is 32.1 Å². The fraction of sp³-hybridized carbons (Fsp3) is 0.391. The van der Waals surface area contributed by atoms with Crippen LogP contribution in [0.4, 0.5) is 14.9 Å². The molecule has 1 saturated heterocycles. The van der Waals surface area contributed by atoms with Gasteiger partial charge in [0.05, 0.1) is 5.92 Å². The molecule has 1 fully saturated rings. The molecular formula is C23H28FN3O2. The molecule has 1 aliphatic heterocycles. The van der Waals surface area contributed by atoms with Gasteiger partial charge in [0.1, 0.15) is 5.82 Å². The van der Waals surface area contributed by atoms with Crippen molar-refractivity contribution in [2.24, 2.45) is 5.92 Å². The van der Waals surface area contributed by atoms with Crippen molar-refractivity contribution in [3.05, 3.63) is 66.0 Å². The maximum Gasteiger partial charge on any atom is 0.317 e. The first kappa shape index (κ1) is 20.8. The SMILES string of the molecule is CC(C)(CNC(=O)N1CCCC(C(=O)Nc2ccccc2)C1)c1ccccc1F. The van der Waals surface area contributed by atoms with Crippen molar-refractivity contribution in [2.75, 3.05) is 25.0 Å². The second kappa shape index (κ2) is 9.07. The lowest BCUT2D eigenvalue weighted by molar-refractivity contribution is -0.121. The predicted octanol–water partition coefficient (Wildman–Crippen LogP) is 4.16. The van der Waals surface area contributed by atoms with Crippen molar-refractivity contribution >= 4 is 17.6 Å². The van der Waals surface area contributed by atoms with Gasteiger partial charge in [-0.25, -0.2) is 9.18 Å². The van der Waals surface area contributed by atoms with E-state index in [-0.39, 0.29) is 23.7 Å². The number of para-hydroxylation sites is 1. The van der Waals surface area contributed by atoms with E-state index in [1.807, 2.05) is 44.2 Å². The zero-order valence-electron chi connectivity index (χ0n) is 17.0. The van der Waals surface area contributed by atoms with Crippen LogP contribution in [0.25, 0.3) is 0 Å². The molecule has 2 aromatic rings. The number of anilines is 1. The van der Waals surface area contributed by atoms with Gasteiger partial charge in [-0.05, 0) is 36.6 Å². The number of rotatable bonds is 5. The molecule has 1 unspecified atom stereocenters. The molecule has 0 radical (unpaired) electrons. The summed E-state index contributed by atoms with van der Waals surface area (Å²) in [6.45, 7) is 5.10. The summed E-state index contributed by atoms with van der Waals surface area (Å²) in [6.07, 6.45) is 1.53. The lowest BCUT2D eigenvalue weighted by atomic mass is 9.84. The Morgan fingerprint density at radius 1 is 1.10 bits per heavy atom. The third-order valence-corrected chi connectivity index (χ3v) is 5.41. The summed E-state index contributed by atoms with van der Waals surface area (Å²) in [5.41, 5.74) is 0.783. The van der Waals surface area contributed by atoms with E-state index >= 15 is 0 Å². The van der Waals surface area contributed by atoms with E-state index in [1.165, 1.54) is 6.07 Å². The molecule has 2 N–H and O–H groups in total. The topological polar surface area (TPSA) is 61.4 Å². The van der Waals surface area contributed by atoms with Crippen LogP contribution >= 0.6 is 0 Å². The predicted molar refractivity (Wildman–Crippen MR) is 112 cm³/mol. The van der Waals surface area contributed by atoms with E-state index in [9.17, 15) is 14.0 Å². The van der Waals surface area contributed by atoms with Gasteiger partial charge in [0, 0.05) is 30.7 Å². The summed E-state index contributed by atoms with van der Waals surface area (Å²) in [5, 5.41) is 5.83. The fourth-order valence-electron chi connectivity index (χ4n) is 3.66. The molecule has 3 rings (SSSR count). The first-order valence-corrected chi connectivity index (χ1v) is 10.0. The van der Waals surface area contributed by atoms with Crippen LogP contribution in [0.5, 0.6) is 0 Å². The lowest BCUT2D eigenvalue weighted by Crippen LogP contribution is -2.50. The first-order chi connectivity index (χ1) is 13.9. The Labute approximate surface area is 171 Å². The van der Waals surface area contributed by atoms with Gasteiger partial charge in [-0.15, -0.1) is 0 Å². The number of hydrogen-bond acceptors (Lipinski definition) is 2. The number of nitrogens with zero attached hydrogens (tertiary/aromatic N) is 1. The molecular weight excluding hydrogens is 369 g/mol. The minimum atomic E-state index is -0.541. The molecule has 5 nitrogen and oxygen atoms in total. The smallest absolute Gasteiger partial charge is 0.317 e. The third kappa shape index (κ3) is 5.34. The van der Waals surface area contributed by atoms with Crippen molar-refractivity contribution in [1.29, 1.82) is 0 Å². The minimum absolute atomic E-state index is 0.0691. The first-order valence-electron chi connectivity index (χ1n) is 10.0. The number of benzene rings is 2. The fourth-order valence-corrected chi connectivity index (χ4v) is 3.66. The molecule has 0 aromatic heterocycles. The third-order valence-electron chi connectivity index (χ3n) is 5.41. The summed E-state index contributed by atoms with van der Waals surface area (Å²) >= 11 is 0. The molecule has 6 heteroatoms. The number of carbonyl (C=O) groups excluding carboxylic acids is 2. The van der Waals surface area contributed by atoms with Crippen LogP contribution in [-0.2, 0) is 10.2 Å². The summed E-state index contributed by atoms with van der Waals surface area (Å²) in [5.74, 6) is -0.586. The van der Waals surface area contributed by atoms with Gasteiger partial charge in [-0.3, -0.25) is 4.79 Å². The largest absolute Gasteiger partial charge is 0.337 e. The van der Waals surface area contributed by atoms with Crippen molar-refractivity contribution in [1.82, 2.24) is 10.2 Å². The maximum atomic E-state index is 14.1. The van der Waals surface area contributed by atoms with Crippen LogP contribution in [0.3, 0.4) is 0 Å². The van der Waals surface area contributed by atoms with E-state index in [4.69, 9.17) is 0 Å². The molecule has 2 aromatic carbocycles. The molecule has 1 atom stereocenters. The molecule has 1 aliphatic rings. The molecule has 1 heterocycles. The molecule has 0 saturated carbocycles. The van der Waals surface area contributed by atoms with Gasteiger partial charge in [0.15, 0.2) is 0 Å². The number of hydrogen-bond donors (Lipinski definition) is 2. The van der Waals surface area contributed by atoms with Crippen molar-refractivity contribution < 1.29 is 14.0 Å². The Morgan fingerprint density at radius 2 is 1.79 bits per heavy atom. The lowest BCUT2D eigenvalue weighted by Gasteiger charge is -2.33. The summed E-state index contributed by atoms with van der Waals surface area (Å²) in [7, 11) is 0. The highest BCUT2D eigenvalue weighted by molar-refractivity contribution is 5.93. The highest BCUT2D eigenvalue weighted by Gasteiger charge is 2.30. The Hall–Kier alpha value is -2.89. The van der Waals surface area contributed by atoms with Crippen LogP contribution in [0.15, 0.2) is 54.6 Å². The van der Waals surface area contributed by atoms with Gasteiger partial charge in [-0.1, -0.05) is 50.2 Å². The standard InChI is InChI=1S/C23H28FN3O2/c1-23(2,19-12-6-7-13-20(19)24)16-25-22(29)27-14-8-9-17(15-27)21(28)26-18-10-4-3-5-11-18/h3-7,10-13,17H,8-9,14-16H2,1-2H3,(H,25,29)(H,26,28). The monoisotopic (exact) mass is 397 g/mol. The minimum Gasteiger partial charge on any atom is -0.337 e. The zero-order valence-corrected chi connectivity index (χ0v) is 17.0.